The number of hydrogen-bond acceptors (Lipinski definition) is 3. The molecule has 0 aromatic heterocycles. The standard InChI is InChI=1S/C13H19BrO3/c1-4-15-12-8-7-10(14)9-11(12)13(16-5-2)17-6-3/h7-9,13H,4-6H2,1-3H3. The quantitative estimate of drug-likeness (QED) is 0.715. The molecule has 0 unspecified atom stereocenters. The van der Waals surface area contributed by atoms with E-state index in [2.05, 4.69) is 15.9 Å². The Kier molecular flexibility index (Phi) is 6.55. The molecule has 0 saturated carbocycles. The molecular formula is C13H19BrO3. The summed E-state index contributed by atoms with van der Waals surface area (Å²) in [6, 6.07) is 5.85. The number of halogens is 1. The van der Waals surface area contributed by atoms with Gasteiger partial charge in [-0.05, 0) is 39.0 Å². The van der Waals surface area contributed by atoms with E-state index in [1.54, 1.807) is 0 Å². The lowest BCUT2D eigenvalue weighted by Gasteiger charge is -2.20. The first-order valence-corrected chi connectivity index (χ1v) is 6.67. The summed E-state index contributed by atoms with van der Waals surface area (Å²) in [6.07, 6.45) is -0.371. The van der Waals surface area contributed by atoms with Gasteiger partial charge in [0.2, 0.25) is 0 Å². The Morgan fingerprint density at radius 3 is 2.24 bits per heavy atom. The predicted molar refractivity (Wildman–Crippen MR) is 71.3 cm³/mol. The van der Waals surface area contributed by atoms with Crippen molar-refractivity contribution in [1.29, 1.82) is 0 Å². The molecule has 0 heterocycles. The lowest BCUT2D eigenvalue weighted by Crippen LogP contribution is -2.11. The maximum absolute atomic E-state index is 5.59. The molecule has 0 bridgehead atoms. The molecule has 0 aliphatic carbocycles. The topological polar surface area (TPSA) is 27.7 Å². The number of benzene rings is 1. The van der Waals surface area contributed by atoms with Crippen molar-refractivity contribution in [2.45, 2.75) is 27.1 Å². The highest BCUT2D eigenvalue weighted by Gasteiger charge is 2.17. The smallest absolute Gasteiger partial charge is 0.187 e. The summed E-state index contributed by atoms with van der Waals surface area (Å²) in [7, 11) is 0. The van der Waals surface area contributed by atoms with E-state index in [1.807, 2.05) is 39.0 Å². The SMILES string of the molecule is CCOc1ccc(Br)cc1C(OCC)OCC. The summed E-state index contributed by atoms with van der Waals surface area (Å²) in [5.74, 6) is 0.808. The first kappa shape index (κ1) is 14.5. The molecule has 1 rings (SSSR count). The second kappa shape index (κ2) is 7.69. The largest absolute Gasteiger partial charge is 0.493 e. The highest BCUT2D eigenvalue weighted by Crippen LogP contribution is 2.31. The first-order chi connectivity index (χ1) is 8.22. The highest BCUT2D eigenvalue weighted by molar-refractivity contribution is 9.10. The first-order valence-electron chi connectivity index (χ1n) is 5.88. The van der Waals surface area contributed by atoms with Gasteiger partial charge in [0.1, 0.15) is 5.75 Å². The molecule has 4 heteroatoms. The zero-order valence-electron chi connectivity index (χ0n) is 10.5. The molecule has 1 aromatic rings. The van der Waals surface area contributed by atoms with Crippen LogP contribution in [-0.4, -0.2) is 19.8 Å². The molecule has 0 saturated heterocycles. The zero-order valence-corrected chi connectivity index (χ0v) is 12.1. The van der Waals surface area contributed by atoms with Gasteiger partial charge >= 0.3 is 0 Å². The number of rotatable bonds is 7. The third kappa shape index (κ3) is 4.30. The molecule has 0 radical (unpaired) electrons. The summed E-state index contributed by atoms with van der Waals surface area (Å²) in [4.78, 5) is 0. The molecule has 0 aliphatic heterocycles. The van der Waals surface area contributed by atoms with Crippen LogP contribution in [0.2, 0.25) is 0 Å². The zero-order chi connectivity index (χ0) is 12.7. The normalized spacial score (nSPS) is 10.9. The van der Waals surface area contributed by atoms with Gasteiger partial charge in [-0.3, -0.25) is 0 Å². The molecule has 96 valence electrons. The summed E-state index contributed by atoms with van der Waals surface area (Å²) in [6.45, 7) is 7.68. The average molecular weight is 303 g/mol. The maximum atomic E-state index is 5.59. The van der Waals surface area contributed by atoms with Crippen LogP contribution in [0.3, 0.4) is 0 Å². The van der Waals surface area contributed by atoms with E-state index in [-0.39, 0.29) is 6.29 Å². The van der Waals surface area contributed by atoms with E-state index in [4.69, 9.17) is 14.2 Å². The summed E-state index contributed by atoms with van der Waals surface area (Å²) < 4.78 is 17.7. The van der Waals surface area contributed by atoms with Gasteiger partial charge in [0.05, 0.1) is 12.2 Å². The van der Waals surface area contributed by atoms with Crippen LogP contribution in [0.1, 0.15) is 32.6 Å². The second-order valence-corrected chi connectivity index (χ2v) is 4.27. The Hall–Kier alpha value is -0.580. The Morgan fingerprint density at radius 2 is 1.71 bits per heavy atom. The van der Waals surface area contributed by atoms with Crippen molar-refractivity contribution in [2.24, 2.45) is 0 Å². The van der Waals surface area contributed by atoms with Crippen LogP contribution in [0.4, 0.5) is 0 Å². The Morgan fingerprint density at radius 1 is 1.06 bits per heavy atom. The minimum Gasteiger partial charge on any atom is -0.493 e. The predicted octanol–water partition coefficient (Wildman–Crippen LogP) is 3.92. The lowest BCUT2D eigenvalue weighted by atomic mass is 10.2. The molecule has 0 amide bonds. The van der Waals surface area contributed by atoms with Crippen LogP contribution in [0.25, 0.3) is 0 Å². The van der Waals surface area contributed by atoms with Crippen LogP contribution in [0.15, 0.2) is 22.7 Å². The van der Waals surface area contributed by atoms with E-state index >= 15 is 0 Å². The van der Waals surface area contributed by atoms with E-state index in [0.29, 0.717) is 19.8 Å². The van der Waals surface area contributed by atoms with Crippen molar-refractivity contribution in [1.82, 2.24) is 0 Å². The third-order valence-corrected chi connectivity index (χ3v) is 2.65. The van der Waals surface area contributed by atoms with Crippen LogP contribution < -0.4 is 4.74 Å². The lowest BCUT2D eigenvalue weighted by molar-refractivity contribution is -0.141. The van der Waals surface area contributed by atoms with Crippen LogP contribution in [0.5, 0.6) is 5.75 Å². The number of ether oxygens (including phenoxy) is 3. The molecule has 0 spiro atoms. The van der Waals surface area contributed by atoms with E-state index in [9.17, 15) is 0 Å². The fourth-order valence-corrected chi connectivity index (χ4v) is 1.90. The van der Waals surface area contributed by atoms with Crippen LogP contribution in [-0.2, 0) is 9.47 Å². The van der Waals surface area contributed by atoms with Crippen molar-refractivity contribution in [2.75, 3.05) is 19.8 Å². The van der Waals surface area contributed by atoms with Crippen LogP contribution >= 0.6 is 15.9 Å². The molecule has 1 aromatic carbocycles. The maximum Gasteiger partial charge on any atom is 0.187 e. The van der Waals surface area contributed by atoms with Gasteiger partial charge in [0.15, 0.2) is 6.29 Å². The molecule has 0 atom stereocenters. The van der Waals surface area contributed by atoms with Gasteiger partial charge in [0, 0.05) is 17.7 Å². The second-order valence-electron chi connectivity index (χ2n) is 3.36. The van der Waals surface area contributed by atoms with E-state index in [0.717, 1.165) is 15.8 Å². The average Bonchev–Trinajstić information content (AvgIpc) is 2.31. The molecule has 3 nitrogen and oxygen atoms in total. The Balaban J connectivity index is 3.00. The number of hydrogen-bond donors (Lipinski definition) is 0. The molecule has 0 aliphatic rings. The van der Waals surface area contributed by atoms with Gasteiger partial charge in [-0.25, -0.2) is 0 Å². The van der Waals surface area contributed by atoms with Crippen molar-refractivity contribution in [3.05, 3.63) is 28.2 Å². The fraction of sp³-hybridized carbons (Fsp3) is 0.538. The van der Waals surface area contributed by atoms with E-state index < -0.39 is 0 Å². The summed E-state index contributed by atoms with van der Waals surface area (Å²) in [5, 5.41) is 0. The van der Waals surface area contributed by atoms with Gasteiger partial charge in [-0.1, -0.05) is 15.9 Å². The molecular weight excluding hydrogens is 284 g/mol. The Labute approximate surface area is 111 Å². The van der Waals surface area contributed by atoms with Gasteiger partial charge in [0.25, 0.3) is 0 Å². The van der Waals surface area contributed by atoms with Gasteiger partial charge < -0.3 is 14.2 Å². The third-order valence-electron chi connectivity index (χ3n) is 2.16. The summed E-state index contributed by atoms with van der Waals surface area (Å²) >= 11 is 3.45. The Bertz CT molecular complexity index is 335. The molecule has 0 fully saturated rings. The summed E-state index contributed by atoms with van der Waals surface area (Å²) in [5.41, 5.74) is 0.921. The monoisotopic (exact) mass is 302 g/mol. The minimum absolute atomic E-state index is 0.371. The van der Waals surface area contributed by atoms with Crippen LogP contribution in [0, 0.1) is 0 Å². The highest BCUT2D eigenvalue weighted by atomic mass is 79.9. The fourth-order valence-electron chi connectivity index (χ4n) is 1.52. The van der Waals surface area contributed by atoms with Gasteiger partial charge in [-0.2, -0.15) is 0 Å². The molecule has 0 N–H and O–H groups in total. The molecule has 17 heavy (non-hydrogen) atoms. The minimum atomic E-state index is -0.371. The van der Waals surface area contributed by atoms with Gasteiger partial charge in [-0.15, -0.1) is 0 Å². The van der Waals surface area contributed by atoms with Crippen molar-refractivity contribution < 1.29 is 14.2 Å². The van der Waals surface area contributed by atoms with Crippen molar-refractivity contribution in [3.63, 3.8) is 0 Å². The van der Waals surface area contributed by atoms with Crippen molar-refractivity contribution >= 4 is 15.9 Å². The van der Waals surface area contributed by atoms with E-state index in [1.165, 1.54) is 0 Å². The van der Waals surface area contributed by atoms with Crippen molar-refractivity contribution in [3.8, 4) is 5.75 Å².